The van der Waals surface area contributed by atoms with Crippen LogP contribution in [0.5, 0.6) is 0 Å². The van der Waals surface area contributed by atoms with E-state index in [2.05, 4.69) is 58.8 Å². The summed E-state index contributed by atoms with van der Waals surface area (Å²) in [5, 5.41) is 5.82. The molecule has 3 N–H and O–H groups in total. The quantitative estimate of drug-likeness (QED) is 0.771. The van der Waals surface area contributed by atoms with Crippen molar-refractivity contribution in [1.82, 2.24) is 10.3 Å². The lowest BCUT2D eigenvalue weighted by molar-refractivity contribution is 0.691. The predicted molar refractivity (Wildman–Crippen MR) is 88.2 cm³/mol. The van der Waals surface area contributed by atoms with E-state index in [-0.39, 0.29) is 6.04 Å². The summed E-state index contributed by atoms with van der Waals surface area (Å²) in [5.74, 6) is 0.577. The number of hydrogen-bond acceptors (Lipinski definition) is 3. The molecule has 1 atom stereocenters. The van der Waals surface area contributed by atoms with Gasteiger partial charge in [-0.3, -0.25) is 0 Å². The zero-order valence-corrected chi connectivity index (χ0v) is 12.3. The molecule has 3 heteroatoms. The Kier molecular flexibility index (Phi) is 3.59. The van der Waals surface area contributed by atoms with Crippen molar-refractivity contribution in [2.24, 2.45) is 0 Å². The number of nitrogen functional groups attached to an aromatic ring is 1. The van der Waals surface area contributed by atoms with E-state index < -0.39 is 0 Å². The number of pyridine rings is 1. The third-order valence-corrected chi connectivity index (χ3v) is 3.79. The molecule has 1 unspecified atom stereocenters. The van der Waals surface area contributed by atoms with Crippen molar-refractivity contribution < 1.29 is 0 Å². The molecule has 21 heavy (non-hydrogen) atoms. The minimum Gasteiger partial charge on any atom is -0.383 e. The minimum absolute atomic E-state index is 0.0435. The number of aryl methyl sites for hydroxylation is 1. The van der Waals surface area contributed by atoms with Gasteiger partial charge in [-0.2, -0.15) is 0 Å². The maximum Gasteiger partial charge on any atom is 0.128 e. The normalized spacial score (nSPS) is 12.5. The van der Waals surface area contributed by atoms with Crippen molar-refractivity contribution in [3.05, 3.63) is 71.4 Å². The molecule has 106 valence electrons. The number of rotatable bonds is 3. The molecule has 2 aromatic carbocycles. The van der Waals surface area contributed by atoms with Crippen molar-refractivity contribution >= 4 is 16.6 Å². The third kappa shape index (κ3) is 2.60. The van der Waals surface area contributed by atoms with Crippen molar-refractivity contribution in [1.29, 1.82) is 0 Å². The van der Waals surface area contributed by atoms with Gasteiger partial charge in [0.25, 0.3) is 0 Å². The van der Waals surface area contributed by atoms with Gasteiger partial charge in [0.15, 0.2) is 0 Å². The zero-order chi connectivity index (χ0) is 14.8. The molecular weight excluding hydrogens is 258 g/mol. The fraction of sp³-hybridized carbons (Fsp3) is 0.167. The van der Waals surface area contributed by atoms with Crippen LogP contribution < -0.4 is 11.1 Å². The second-order valence-electron chi connectivity index (χ2n) is 5.32. The SMILES string of the molecule is CNC(c1ccc2ccccc2c1)c1cc(C)cnc1N. The van der Waals surface area contributed by atoms with E-state index >= 15 is 0 Å². The standard InChI is InChI=1S/C18H19N3/c1-12-9-16(18(19)21-11-12)17(20-2)15-8-7-13-5-3-4-6-14(13)10-15/h3-11,17,20H,1-2H3,(H2,19,21). The number of aromatic nitrogens is 1. The van der Waals surface area contributed by atoms with Crippen molar-refractivity contribution in [2.75, 3.05) is 12.8 Å². The van der Waals surface area contributed by atoms with Crippen LogP contribution in [0.2, 0.25) is 0 Å². The van der Waals surface area contributed by atoms with Crippen molar-refractivity contribution in [2.45, 2.75) is 13.0 Å². The monoisotopic (exact) mass is 277 g/mol. The molecule has 0 aliphatic carbocycles. The maximum atomic E-state index is 6.06. The van der Waals surface area contributed by atoms with E-state index in [1.807, 2.05) is 14.0 Å². The van der Waals surface area contributed by atoms with E-state index in [4.69, 9.17) is 5.73 Å². The Bertz CT molecular complexity index is 780. The fourth-order valence-corrected chi connectivity index (χ4v) is 2.72. The number of anilines is 1. The van der Waals surface area contributed by atoms with Gasteiger partial charge in [-0.25, -0.2) is 4.98 Å². The molecule has 0 saturated heterocycles. The first kappa shape index (κ1) is 13.6. The summed E-state index contributed by atoms with van der Waals surface area (Å²) in [7, 11) is 1.95. The number of nitrogens with one attached hydrogen (secondary N) is 1. The highest BCUT2D eigenvalue weighted by atomic mass is 14.9. The molecule has 3 aromatic rings. The van der Waals surface area contributed by atoms with E-state index in [1.54, 1.807) is 6.20 Å². The molecule has 1 heterocycles. The van der Waals surface area contributed by atoms with E-state index in [0.29, 0.717) is 5.82 Å². The summed E-state index contributed by atoms with van der Waals surface area (Å²) in [5.41, 5.74) is 9.39. The van der Waals surface area contributed by atoms with Gasteiger partial charge in [-0.15, -0.1) is 0 Å². The zero-order valence-electron chi connectivity index (χ0n) is 12.3. The highest BCUT2D eigenvalue weighted by Gasteiger charge is 2.16. The summed E-state index contributed by atoms with van der Waals surface area (Å²) in [6.07, 6.45) is 1.80. The van der Waals surface area contributed by atoms with Crippen LogP contribution in [0.1, 0.15) is 22.7 Å². The molecule has 0 saturated carbocycles. The van der Waals surface area contributed by atoms with Gasteiger partial charge in [0, 0.05) is 11.8 Å². The summed E-state index contributed by atoms with van der Waals surface area (Å²) in [6.45, 7) is 2.03. The summed E-state index contributed by atoms with van der Waals surface area (Å²) in [4.78, 5) is 4.27. The molecule has 0 radical (unpaired) electrons. The predicted octanol–water partition coefficient (Wildman–Crippen LogP) is 3.43. The lowest BCUT2D eigenvalue weighted by atomic mass is 9.96. The summed E-state index contributed by atoms with van der Waals surface area (Å²) >= 11 is 0. The van der Waals surface area contributed by atoms with E-state index in [0.717, 1.165) is 11.1 Å². The largest absolute Gasteiger partial charge is 0.383 e. The second kappa shape index (κ2) is 5.54. The van der Waals surface area contributed by atoms with Gasteiger partial charge in [-0.1, -0.05) is 36.4 Å². The first-order chi connectivity index (χ1) is 10.2. The van der Waals surface area contributed by atoms with Gasteiger partial charge in [0.2, 0.25) is 0 Å². The van der Waals surface area contributed by atoms with Crippen LogP contribution in [0.4, 0.5) is 5.82 Å². The second-order valence-corrected chi connectivity index (χ2v) is 5.32. The summed E-state index contributed by atoms with van der Waals surface area (Å²) < 4.78 is 0. The third-order valence-electron chi connectivity index (χ3n) is 3.79. The van der Waals surface area contributed by atoms with Gasteiger partial charge >= 0.3 is 0 Å². The maximum absolute atomic E-state index is 6.06. The smallest absolute Gasteiger partial charge is 0.128 e. The number of benzene rings is 2. The number of hydrogen-bond donors (Lipinski definition) is 2. The molecule has 3 rings (SSSR count). The van der Waals surface area contributed by atoms with Crippen molar-refractivity contribution in [3.63, 3.8) is 0 Å². The molecule has 0 spiro atoms. The van der Waals surface area contributed by atoms with Crippen LogP contribution in [0.25, 0.3) is 10.8 Å². The molecular formula is C18H19N3. The Morgan fingerprint density at radius 3 is 2.57 bits per heavy atom. The first-order valence-electron chi connectivity index (χ1n) is 7.07. The highest BCUT2D eigenvalue weighted by molar-refractivity contribution is 5.83. The van der Waals surface area contributed by atoms with Crippen LogP contribution >= 0.6 is 0 Å². The van der Waals surface area contributed by atoms with E-state index in [9.17, 15) is 0 Å². The fourth-order valence-electron chi connectivity index (χ4n) is 2.72. The van der Waals surface area contributed by atoms with Gasteiger partial charge in [0.1, 0.15) is 5.82 Å². The Balaban J connectivity index is 2.11. The minimum atomic E-state index is 0.0435. The van der Waals surface area contributed by atoms with E-state index in [1.165, 1.54) is 16.3 Å². The lowest BCUT2D eigenvalue weighted by Gasteiger charge is -2.19. The van der Waals surface area contributed by atoms with Crippen LogP contribution in [-0.2, 0) is 0 Å². The number of nitrogens with zero attached hydrogens (tertiary/aromatic N) is 1. The van der Waals surface area contributed by atoms with Crippen molar-refractivity contribution in [3.8, 4) is 0 Å². The highest BCUT2D eigenvalue weighted by Crippen LogP contribution is 2.28. The molecule has 0 aliphatic rings. The molecule has 0 fully saturated rings. The Hall–Kier alpha value is -2.39. The van der Waals surface area contributed by atoms with Crippen LogP contribution in [-0.4, -0.2) is 12.0 Å². The average Bonchev–Trinajstić information content (AvgIpc) is 2.51. The Morgan fingerprint density at radius 2 is 1.81 bits per heavy atom. The molecule has 3 nitrogen and oxygen atoms in total. The van der Waals surface area contributed by atoms with Gasteiger partial charge in [0.05, 0.1) is 6.04 Å². The van der Waals surface area contributed by atoms with Crippen LogP contribution in [0.15, 0.2) is 54.7 Å². The number of fused-ring (bicyclic) bond motifs is 1. The average molecular weight is 277 g/mol. The number of nitrogens with two attached hydrogens (primary N) is 1. The first-order valence-corrected chi connectivity index (χ1v) is 7.07. The Morgan fingerprint density at radius 1 is 1.05 bits per heavy atom. The lowest BCUT2D eigenvalue weighted by Crippen LogP contribution is -2.19. The van der Waals surface area contributed by atoms with Crippen LogP contribution in [0.3, 0.4) is 0 Å². The Labute approximate surface area is 124 Å². The molecule has 0 amide bonds. The summed E-state index contributed by atoms with van der Waals surface area (Å²) in [6, 6.07) is 17.0. The van der Waals surface area contributed by atoms with Gasteiger partial charge in [-0.05, 0) is 48.0 Å². The van der Waals surface area contributed by atoms with Crippen LogP contribution in [0, 0.1) is 6.92 Å². The topological polar surface area (TPSA) is 50.9 Å². The van der Waals surface area contributed by atoms with Gasteiger partial charge < -0.3 is 11.1 Å². The molecule has 0 bridgehead atoms. The molecule has 1 aromatic heterocycles. The molecule has 0 aliphatic heterocycles.